The summed E-state index contributed by atoms with van der Waals surface area (Å²) in [6.45, 7) is 0. The molecule has 0 radical (unpaired) electrons. The van der Waals surface area contributed by atoms with Crippen LogP contribution in [0.4, 0.5) is 0 Å². The molecule has 0 amide bonds. The van der Waals surface area contributed by atoms with Crippen LogP contribution >= 0.6 is 15.9 Å². The molecule has 3 heteroatoms. The number of aldehydes is 1. The highest BCUT2D eigenvalue weighted by Crippen LogP contribution is 2.37. The van der Waals surface area contributed by atoms with Crippen molar-refractivity contribution in [3.63, 3.8) is 0 Å². The van der Waals surface area contributed by atoms with Crippen LogP contribution in [0.2, 0.25) is 0 Å². The van der Waals surface area contributed by atoms with Gasteiger partial charge in [-0.3, -0.25) is 4.79 Å². The molecule has 120 valence electrons. The van der Waals surface area contributed by atoms with Crippen molar-refractivity contribution in [2.75, 3.05) is 7.11 Å². The van der Waals surface area contributed by atoms with Crippen molar-refractivity contribution in [3.8, 4) is 5.75 Å². The monoisotopic (exact) mass is 380 g/mol. The fourth-order valence-electron chi connectivity index (χ4n) is 2.88. The van der Waals surface area contributed by atoms with E-state index in [9.17, 15) is 4.79 Å². The van der Waals surface area contributed by atoms with Crippen molar-refractivity contribution >= 4 is 22.2 Å². The second-order valence-electron chi connectivity index (χ2n) is 5.51. The van der Waals surface area contributed by atoms with Gasteiger partial charge in [-0.2, -0.15) is 0 Å². The summed E-state index contributed by atoms with van der Waals surface area (Å²) in [4.78, 5) is 10.9. The minimum absolute atomic E-state index is 0.0370. The van der Waals surface area contributed by atoms with Crippen molar-refractivity contribution in [1.82, 2.24) is 0 Å². The van der Waals surface area contributed by atoms with Gasteiger partial charge in [0.25, 0.3) is 0 Å². The lowest BCUT2D eigenvalue weighted by molar-refractivity contribution is 0.112. The van der Waals surface area contributed by atoms with Gasteiger partial charge in [-0.1, -0.05) is 70.5 Å². The number of rotatable bonds is 5. The maximum Gasteiger partial charge on any atom is 0.150 e. The van der Waals surface area contributed by atoms with Crippen LogP contribution in [0, 0.1) is 0 Å². The number of carbonyl (C=O) groups excluding carboxylic acids is 1. The Kier molecular flexibility index (Phi) is 5.11. The molecule has 0 heterocycles. The van der Waals surface area contributed by atoms with E-state index in [-0.39, 0.29) is 5.92 Å². The molecule has 0 aliphatic heterocycles. The van der Waals surface area contributed by atoms with Crippen molar-refractivity contribution in [3.05, 3.63) is 99.5 Å². The van der Waals surface area contributed by atoms with Crippen molar-refractivity contribution < 1.29 is 9.53 Å². The molecule has 0 saturated heterocycles. The summed E-state index contributed by atoms with van der Waals surface area (Å²) in [7, 11) is 1.69. The summed E-state index contributed by atoms with van der Waals surface area (Å²) in [5.41, 5.74) is 4.06. The van der Waals surface area contributed by atoms with Crippen LogP contribution in [0.1, 0.15) is 33.0 Å². The highest BCUT2D eigenvalue weighted by atomic mass is 79.9. The van der Waals surface area contributed by atoms with Crippen LogP contribution in [-0.4, -0.2) is 13.4 Å². The Morgan fingerprint density at radius 3 is 2.04 bits per heavy atom. The number of halogens is 1. The molecule has 0 aliphatic carbocycles. The van der Waals surface area contributed by atoms with Gasteiger partial charge in [-0.05, 0) is 29.3 Å². The van der Waals surface area contributed by atoms with E-state index in [4.69, 9.17) is 4.74 Å². The molecule has 0 fully saturated rings. The molecule has 0 saturated carbocycles. The second kappa shape index (κ2) is 7.45. The summed E-state index contributed by atoms with van der Waals surface area (Å²) >= 11 is 3.49. The molecule has 0 spiro atoms. The highest BCUT2D eigenvalue weighted by molar-refractivity contribution is 9.10. The van der Waals surface area contributed by atoms with Crippen LogP contribution in [0.25, 0.3) is 0 Å². The smallest absolute Gasteiger partial charge is 0.150 e. The number of benzene rings is 3. The summed E-state index contributed by atoms with van der Waals surface area (Å²) in [5, 5.41) is 0. The maximum absolute atomic E-state index is 10.9. The Morgan fingerprint density at radius 2 is 1.46 bits per heavy atom. The van der Waals surface area contributed by atoms with Gasteiger partial charge in [0.1, 0.15) is 12.0 Å². The molecule has 0 aromatic heterocycles. The van der Waals surface area contributed by atoms with Crippen molar-refractivity contribution in [2.45, 2.75) is 5.92 Å². The number of para-hydroxylation sites is 1. The lowest BCUT2D eigenvalue weighted by Gasteiger charge is -2.21. The molecule has 2 nitrogen and oxygen atoms in total. The zero-order valence-corrected chi connectivity index (χ0v) is 14.9. The minimum Gasteiger partial charge on any atom is -0.496 e. The number of hydrogen-bond donors (Lipinski definition) is 0. The molecule has 3 aromatic carbocycles. The van der Waals surface area contributed by atoms with Gasteiger partial charge in [0.05, 0.1) is 7.11 Å². The fraction of sp³-hybridized carbons (Fsp3) is 0.0952. The third-order valence-corrected chi connectivity index (χ3v) is 4.59. The first-order chi connectivity index (χ1) is 11.7. The predicted molar refractivity (Wildman–Crippen MR) is 99.9 cm³/mol. The van der Waals surface area contributed by atoms with E-state index >= 15 is 0 Å². The molecule has 0 aliphatic rings. The lowest BCUT2D eigenvalue weighted by atomic mass is 9.84. The SMILES string of the molecule is COc1ccccc1[C@H](c1ccc(Br)cc1)c1ccc(C=O)cc1. The molecule has 3 rings (SSSR count). The van der Waals surface area contributed by atoms with Gasteiger partial charge in [0.15, 0.2) is 0 Å². The first-order valence-corrected chi connectivity index (χ1v) is 8.45. The van der Waals surface area contributed by atoms with Gasteiger partial charge >= 0.3 is 0 Å². The highest BCUT2D eigenvalue weighted by Gasteiger charge is 2.20. The van der Waals surface area contributed by atoms with Crippen LogP contribution in [0.5, 0.6) is 5.75 Å². The second-order valence-corrected chi connectivity index (χ2v) is 6.43. The average Bonchev–Trinajstić information content (AvgIpc) is 2.64. The molecule has 24 heavy (non-hydrogen) atoms. The van der Waals surface area contributed by atoms with E-state index < -0.39 is 0 Å². The molecular formula is C21H17BrO2. The van der Waals surface area contributed by atoms with E-state index in [1.165, 1.54) is 5.56 Å². The summed E-state index contributed by atoms with van der Waals surface area (Å²) in [5.74, 6) is 0.889. The van der Waals surface area contributed by atoms with Gasteiger partial charge in [0, 0.05) is 21.5 Å². The molecule has 0 unspecified atom stereocenters. The van der Waals surface area contributed by atoms with E-state index in [2.05, 4.69) is 34.1 Å². The number of methoxy groups -OCH3 is 1. The van der Waals surface area contributed by atoms with Gasteiger partial charge < -0.3 is 4.74 Å². The predicted octanol–water partition coefficient (Wildman–Crippen LogP) is 5.45. The maximum atomic E-state index is 10.9. The minimum atomic E-state index is 0.0370. The Morgan fingerprint density at radius 1 is 0.875 bits per heavy atom. The zero-order valence-electron chi connectivity index (χ0n) is 13.3. The van der Waals surface area contributed by atoms with E-state index in [0.717, 1.165) is 27.6 Å². The first kappa shape index (κ1) is 16.5. The first-order valence-electron chi connectivity index (χ1n) is 7.66. The Bertz CT molecular complexity index is 823. The van der Waals surface area contributed by atoms with Crippen LogP contribution in [0.15, 0.2) is 77.3 Å². The van der Waals surface area contributed by atoms with Crippen molar-refractivity contribution in [1.29, 1.82) is 0 Å². The third kappa shape index (κ3) is 3.41. The Hall–Kier alpha value is -2.39. The number of hydrogen-bond acceptors (Lipinski definition) is 2. The molecule has 1 atom stereocenters. The topological polar surface area (TPSA) is 26.3 Å². The normalized spacial score (nSPS) is 11.8. The zero-order chi connectivity index (χ0) is 16.9. The molecule has 0 bridgehead atoms. The van der Waals surface area contributed by atoms with Crippen molar-refractivity contribution in [2.24, 2.45) is 0 Å². The van der Waals surface area contributed by atoms with Gasteiger partial charge in [-0.15, -0.1) is 0 Å². The lowest BCUT2D eigenvalue weighted by Crippen LogP contribution is -2.05. The molecular weight excluding hydrogens is 364 g/mol. The Labute approximate surface area is 150 Å². The average molecular weight is 381 g/mol. The molecule has 3 aromatic rings. The summed E-state index contributed by atoms with van der Waals surface area (Å²) < 4.78 is 6.62. The summed E-state index contributed by atoms with van der Waals surface area (Å²) in [6, 6.07) is 24.0. The third-order valence-electron chi connectivity index (χ3n) is 4.06. The van der Waals surface area contributed by atoms with E-state index in [1.807, 2.05) is 54.6 Å². The van der Waals surface area contributed by atoms with Gasteiger partial charge in [-0.25, -0.2) is 0 Å². The number of carbonyl (C=O) groups is 1. The molecule has 0 N–H and O–H groups in total. The van der Waals surface area contributed by atoms with Crippen LogP contribution in [0.3, 0.4) is 0 Å². The van der Waals surface area contributed by atoms with E-state index in [1.54, 1.807) is 7.11 Å². The Balaban J connectivity index is 2.16. The largest absolute Gasteiger partial charge is 0.496 e. The van der Waals surface area contributed by atoms with Crippen LogP contribution in [-0.2, 0) is 0 Å². The van der Waals surface area contributed by atoms with Gasteiger partial charge in [0.2, 0.25) is 0 Å². The standard InChI is InChI=1S/C21H17BrO2/c1-24-20-5-3-2-4-19(20)21(17-10-12-18(22)13-11-17)16-8-6-15(14-23)7-9-16/h2-14,21H,1H3/t21-/m0/s1. The number of ether oxygens (including phenoxy) is 1. The summed E-state index contributed by atoms with van der Waals surface area (Å²) in [6.07, 6.45) is 0.863. The van der Waals surface area contributed by atoms with Crippen LogP contribution < -0.4 is 4.74 Å². The van der Waals surface area contributed by atoms with E-state index in [0.29, 0.717) is 5.56 Å². The fourth-order valence-corrected chi connectivity index (χ4v) is 3.14. The quantitative estimate of drug-likeness (QED) is 0.434.